The number of nitrogens with two attached hydrogens (primary N) is 1. The second-order valence-electron chi connectivity index (χ2n) is 4.44. The molecule has 0 unspecified atom stereocenters. The number of nitrogens with one attached hydrogen (secondary N) is 1. The van der Waals surface area contributed by atoms with E-state index in [-0.39, 0.29) is 18.9 Å². The smallest absolute Gasteiger partial charge is 0.228 e. The van der Waals surface area contributed by atoms with Crippen molar-refractivity contribution in [1.29, 1.82) is 5.26 Å². The Kier molecular flexibility index (Phi) is 4.78. The summed E-state index contributed by atoms with van der Waals surface area (Å²) in [5, 5.41) is 11.3. The van der Waals surface area contributed by atoms with Gasteiger partial charge in [0.25, 0.3) is 0 Å². The molecule has 1 amide bonds. The Hall–Kier alpha value is -3.00. The maximum absolute atomic E-state index is 12.0. The second kappa shape index (κ2) is 6.96. The number of amides is 1. The number of hydrogen-bond donors (Lipinski definition) is 2. The number of anilines is 2. The highest BCUT2D eigenvalue weighted by Crippen LogP contribution is 2.17. The van der Waals surface area contributed by atoms with Gasteiger partial charge in [-0.2, -0.15) is 5.26 Å². The third-order valence-corrected chi connectivity index (χ3v) is 2.74. The summed E-state index contributed by atoms with van der Waals surface area (Å²) < 4.78 is 5.18. The van der Waals surface area contributed by atoms with Crippen molar-refractivity contribution >= 4 is 17.3 Å². The van der Waals surface area contributed by atoms with E-state index in [1.54, 1.807) is 36.4 Å². The van der Waals surface area contributed by atoms with Crippen molar-refractivity contribution in [3.63, 3.8) is 0 Å². The molecule has 5 heteroatoms. The Balaban J connectivity index is 1.98. The summed E-state index contributed by atoms with van der Waals surface area (Å²) in [5.74, 6) is 0.399. The highest BCUT2D eigenvalue weighted by atomic mass is 16.5. The predicted octanol–water partition coefficient (Wildman–Crippen LogP) is 2.35. The van der Waals surface area contributed by atoms with Gasteiger partial charge in [-0.1, -0.05) is 18.2 Å². The van der Waals surface area contributed by atoms with Crippen LogP contribution in [0.3, 0.4) is 0 Å². The van der Waals surface area contributed by atoms with Gasteiger partial charge in [0.1, 0.15) is 11.8 Å². The Bertz CT molecular complexity index is 677. The molecule has 0 aliphatic rings. The number of nitriles is 1. The zero-order chi connectivity index (χ0) is 15.1. The topological polar surface area (TPSA) is 88.1 Å². The molecule has 2 aromatic carbocycles. The number of ether oxygens (including phenoxy) is 1. The van der Waals surface area contributed by atoms with Gasteiger partial charge in [-0.15, -0.1) is 0 Å². The lowest BCUT2D eigenvalue weighted by Gasteiger charge is -2.08. The van der Waals surface area contributed by atoms with Crippen molar-refractivity contribution in [3.8, 4) is 11.8 Å². The van der Waals surface area contributed by atoms with Crippen molar-refractivity contribution < 1.29 is 9.53 Å². The molecule has 0 spiro atoms. The zero-order valence-electron chi connectivity index (χ0n) is 11.4. The summed E-state index contributed by atoms with van der Waals surface area (Å²) in [7, 11) is 0. The van der Waals surface area contributed by atoms with Crippen LogP contribution in [0.5, 0.6) is 5.75 Å². The summed E-state index contributed by atoms with van der Waals surface area (Å²) in [6, 6.07) is 16.0. The molecule has 2 aromatic rings. The molecule has 0 saturated heterocycles. The van der Waals surface area contributed by atoms with Crippen molar-refractivity contribution in [3.05, 3.63) is 54.1 Å². The fourth-order valence-electron chi connectivity index (χ4n) is 1.87. The number of benzene rings is 2. The lowest BCUT2D eigenvalue weighted by molar-refractivity contribution is -0.115. The molecule has 0 saturated carbocycles. The van der Waals surface area contributed by atoms with Crippen LogP contribution >= 0.6 is 0 Å². The van der Waals surface area contributed by atoms with Gasteiger partial charge >= 0.3 is 0 Å². The van der Waals surface area contributed by atoms with Crippen LogP contribution in [0.4, 0.5) is 11.4 Å². The van der Waals surface area contributed by atoms with E-state index in [1.165, 1.54) is 0 Å². The van der Waals surface area contributed by atoms with Gasteiger partial charge in [-0.05, 0) is 29.8 Å². The third kappa shape index (κ3) is 4.55. The van der Waals surface area contributed by atoms with Crippen LogP contribution < -0.4 is 15.8 Å². The molecule has 106 valence electrons. The van der Waals surface area contributed by atoms with Gasteiger partial charge in [0.15, 0.2) is 6.61 Å². The first-order valence-corrected chi connectivity index (χ1v) is 6.41. The van der Waals surface area contributed by atoms with Crippen molar-refractivity contribution in [2.45, 2.75) is 6.42 Å². The second-order valence-corrected chi connectivity index (χ2v) is 4.44. The molecule has 0 aliphatic carbocycles. The number of nitrogen functional groups attached to an aromatic ring is 1. The molecule has 0 aliphatic heterocycles. The van der Waals surface area contributed by atoms with E-state index in [9.17, 15) is 4.79 Å². The highest BCUT2D eigenvalue weighted by molar-refractivity contribution is 5.92. The summed E-state index contributed by atoms with van der Waals surface area (Å²) in [4.78, 5) is 12.0. The Morgan fingerprint density at radius 2 is 2.05 bits per heavy atom. The minimum atomic E-state index is -0.141. The molecule has 0 radical (unpaired) electrons. The van der Waals surface area contributed by atoms with Gasteiger partial charge in [0.2, 0.25) is 5.91 Å². The van der Waals surface area contributed by atoms with Gasteiger partial charge in [0, 0.05) is 17.4 Å². The Labute approximate surface area is 123 Å². The lowest BCUT2D eigenvalue weighted by atomic mass is 10.1. The first kappa shape index (κ1) is 14.4. The van der Waals surface area contributed by atoms with Crippen LogP contribution in [0.1, 0.15) is 5.56 Å². The molecule has 0 bridgehead atoms. The van der Waals surface area contributed by atoms with Crippen molar-refractivity contribution in [2.24, 2.45) is 0 Å². The quantitative estimate of drug-likeness (QED) is 0.823. The molecule has 0 heterocycles. The number of carbonyl (C=O) groups is 1. The first-order chi connectivity index (χ1) is 10.2. The predicted molar refractivity (Wildman–Crippen MR) is 80.7 cm³/mol. The normalized spacial score (nSPS) is 9.67. The maximum atomic E-state index is 12.0. The number of rotatable bonds is 5. The fourth-order valence-corrected chi connectivity index (χ4v) is 1.87. The summed E-state index contributed by atoms with van der Waals surface area (Å²) in [5.41, 5.74) is 7.79. The van der Waals surface area contributed by atoms with E-state index in [0.717, 1.165) is 5.56 Å². The average molecular weight is 281 g/mol. The summed E-state index contributed by atoms with van der Waals surface area (Å²) in [6.07, 6.45) is 0.244. The SMILES string of the molecule is N#CCOc1cccc(NC(=O)Cc2cccc(N)c2)c1. The first-order valence-electron chi connectivity index (χ1n) is 6.41. The molecule has 5 nitrogen and oxygen atoms in total. The van der Waals surface area contributed by atoms with Crippen molar-refractivity contribution in [2.75, 3.05) is 17.7 Å². The molecular formula is C16H15N3O2. The minimum absolute atomic E-state index is 0.0271. The number of nitrogens with zero attached hydrogens (tertiary/aromatic N) is 1. The number of hydrogen-bond acceptors (Lipinski definition) is 4. The Morgan fingerprint density at radius 3 is 2.81 bits per heavy atom. The van der Waals surface area contributed by atoms with Gasteiger partial charge in [-0.3, -0.25) is 4.79 Å². The molecule has 21 heavy (non-hydrogen) atoms. The van der Waals surface area contributed by atoms with Crippen LogP contribution in [0.2, 0.25) is 0 Å². The van der Waals surface area contributed by atoms with Gasteiger partial charge < -0.3 is 15.8 Å². The lowest BCUT2D eigenvalue weighted by Crippen LogP contribution is -2.14. The van der Waals surface area contributed by atoms with E-state index in [2.05, 4.69) is 5.32 Å². The van der Waals surface area contributed by atoms with Crippen LogP contribution in [-0.2, 0) is 11.2 Å². The van der Waals surface area contributed by atoms with Crippen LogP contribution in [0, 0.1) is 11.3 Å². The molecular weight excluding hydrogens is 266 g/mol. The number of carbonyl (C=O) groups excluding carboxylic acids is 1. The standard InChI is InChI=1S/C16H15N3O2/c17-7-8-21-15-6-2-5-14(11-15)19-16(20)10-12-3-1-4-13(18)9-12/h1-6,9,11H,8,10,18H2,(H,19,20). The highest BCUT2D eigenvalue weighted by Gasteiger charge is 2.05. The Morgan fingerprint density at radius 1 is 1.24 bits per heavy atom. The van der Waals surface area contributed by atoms with E-state index < -0.39 is 0 Å². The monoisotopic (exact) mass is 281 g/mol. The maximum Gasteiger partial charge on any atom is 0.228 e. The van der Waals surface area contributed by atoms with Crippen LogP contribution in [0.15, 0.2) is 48.5 Å². The van der Waals surface area contributed by atoms with E-state index in [4.69, 9.17) is 15.7 Å². The van der Waals surface area contributed by atoms with E-state index in [1.807, 2.05) is 18.2 Å². The van der Waals surface area contributed by atoms with Crippen LogP contribution in [0.25, 0.3) is 0 Å². The molecule has 0 aromatic heterocycles. The third-order valence-electron chi connectivity index (χ3n) is 2.74. The largest absolute Gasteiger partial charge is 0.479 e. The van der Waals surface area contributed by atoms with E-state index >= 15 is 0 Å². The molecule has 0 atom stereocenters. The van der Waals surface area contributed by atoms with Gasteiger partial charge in [0.05, 0.1) is 6.42 Å². The summed E-state index contributed by atoms with van der Waals surface area (Å²) >= 11 is 0. The minimum Gasteiger partial charge on any atom is -0.479 e. The zero-order valence-corrected chi connectivity index (χ0v) is 11.4. The molecule has 2 rings (SSSR count). The van der Waals surface area contributed by atoms with E-state index in [0.29, 0.717) is 17.1 Å². The summed E-state index contributed by atoms with van der Waals surface area (Å²) in [6.45, 7) is -0.0271. The van der Waals surface area contributed by atoms with Crippen LogP contribution in [-0.4, -0.2) is 12.5 Å². The molecule has 0 fully saturated rings. The average Bonchev–Trinajstić information content (AvgIpc) is 2.45. The fraction of sp³-hybridized carbons (Fsp3) is 0.125. The van der Waals surface area contributed by atoms with Crippen molar-refractivity contribution in [1.82, 2.24) is 0 Å². The van der Waals surface area contributed by atoms with Gasteiger partial charge in [-0.25, -0.2) is 0 Å². The molecule has 3 N–H and O–H groups in total.